The maximum absolute atomic E-state index is 13.7. The number of carbonyl (C=O) groups excluding carboxylic acids is 1. The molecule has 0 spiro atoms. The van der Waals surface area contributed by atoms with Crippen LogP contribution in [0.15, 0.2) is 78.9 Å². The standard InChI is InChI=1S/C27H25NO2/c1-16(17-10-4-3-5-11-17)27-20-14-8-6-12-18(20)22(19-13-7-9-15-21(19)27)23-24(27)26(30)28(2)25(23)29/h3-16,22-25,29H,1-2H3/t16-,22?,23-,24+,25-,27?/m1/s1. The molecule has 0 radical (unpaired) electrons. The lowest BCUT2D eigenvalue weighted by Gasteiger charge is -2.58. The van der Waals surface area contributed by atoms with Crippen LogP contribution in [0.4, 0.5) is 0 Å². The molecule has 3 heteroatoms. The van der Waals surface area contributed by atoms with Gasteiger partial charge < -0.3 is 10.0 Å². The number of hydrogen-bond donors (Lipinski definition) is 1. The molecule has 4 aliphatic rings. The van der Waals surface area contributed by atoms with E-state index in [1.54, 1.807) is 11.9 Å². The highest BCUT2D eigenvalue weighted by Gasteiger charge is 2.68. The highest BCUT2D eigenvalue weighted by Crippen LogP contribution is 2.68. The van der Waals surface area contributed by atoms with Crippen LogP contribution < -0.4 is 0 Å². The first kappa shape index (κ1) is 17.9. The molecule has 0 saturated carbocycles. The average molecular weight is 396 g/mol. The molecule has 3 aromatic carbocycles. The third kappa shape index (κ3) is 1.92. The Labute approximate surface area is 177 Å². The van der Waals surface area contributed by atoms with E-state index in [1.807, 2.05) is 6.07 Å². The molecule has 1 amide bonds. The number of nitrogens with zero attached hydrogens (tertiary/aromatic N) is 1. The Bertz CT molecular complexity index is 1110. The summed E-state index contributed by atoms with van der Waals surface area (Å²) in [5.74, 6) is -0.237. The van der Waals surface area contributed by atoms with Gasteiger partial charge in [0, 0.05) is 24.3 Å². The van der Waals surface area contributed by atoms with Crippen LogP contribution in [0.5, 0.6) is 0 Å². The van der Waals surface area contributed by atoms with E-state index < -0.39 is 11.6 Å². The highest BCUT2D eigenvalue weighted by atomic mass is 16.3. The second-order valence-electron chi connectivity index (χ2n) is 9.07. The van der Waals surface area contributed by atoms with Crippen LogP contribution in [0.1, 0.15) is 46.6 Å². The maximum Gasteiger partial charge on any atom is 0.229 e. The number of amides is 1. The molecule has 1 saturated heterocycles. The van der Waals surface area contributed by atoms with Gasteiger partial charge in [0.05, 0.1) is 5.92 Å². The molecule has 3 aliphatic carbocycles. The monoisotopic (exact) mass is 395 g/mol. The molecule has 7 rings (SSSR count). The van der Waals surface area contributed by atoms with Gasteiger partial charge in [0.25, 0.3) is 0 Å². The Balaban J connectivity index is 1.75. The molecule has 4 atom stereocenters. The predicted molar refractivity (Wildman–Crippen MR) is 116 cm³/mol. The van der Waals surface area contributed by atoms with E-state index in [0.717, 1.165) is 0 Å². The van der Waals surface area contributed by atoms with Crippen LogP contribution >= 0.6 is 0 Å². The lowest BCUT2D eigenvalue weighted by molar-refractivity contribution is -0.135. The van der Waals surface area contributed by atoms with Crippen LogP contribution in [0.25, 0.3) is 0 Å². The van der Waals surface area contributed by atoms with Crippen LogP contribution in [0.2, 0.25) is 0 Å². The summed E-state index contributed by atoms with van der Waals surface area (Å²) in [7, 11) is 1.75. The molecule has 1 heterocycles. The van der Waals surface area contributed by atoms with Crippen molar-refractivity contribution in [2.24, 2.45) is 11.8 Å². The topological polar surface area (TPSA) is 40.5 Å². The van der Waals surface area contributed by atoms with E-state index in [1.165, 1.54) is 27.8 Å². The molecule has 150 valence electrons. The van der Waals surface area contributed by atoms with Crippen molar-refractivity contribution < 1.29 is 9.90 Å². The van der Waals surface area contributed by atoms with E-state index in [0.29, 0.717) is 0 Å². The van der Waals surface area contributed by atoms with Gasteiger partial charge in [-0.05, 0) is 33.7 Å². The highest BCUT2D eigenvalue weighted by molar-refractivity contribution is 5.88. The van der Waals surface area contributed by atoms with E-state index >= 15 is 0 Å². The zero-order valence-corrected chi connectivity index (χ0v) is 17.2. The van der Waals surface area contributed by atoms with E-state index in [2.05, 4.69) is 79.7 Å². The van der Waals surface area contributed by atoms with E-state index in [-0.39, 0.29) is 29.6 Å². The second-order valence-corrected chi connectivity index (χ2v) is 9.07. The zero-order valence-electron chi connectivity index (χ0n) is 17.2. The molecule has 1 N–H and O–H groups in total. The molecule has 0 aromatic heterocycles. The van der Waals surface area contributed by atoms with Gasteiger partial charge in [-0.1, -0.05) is 85.8 Å². The third-order valence-electron chi connectivity index (χ3n) is 8.08. The fourth-order valence-corrected chi connectivity index (χ4v) is 6.90. The number of hydrogen-bond acceptors (Lipinski definition) is 2. The summed E-state index contributed by atoms with van der Waals surface area (Å²) in [5.41, 5.74) is 5.75. The summed E-state index contributed by atoms with van der Waals surface area (Å²) >= 11 is 0. The van der Waals surface area contributed by atoms with Gasteiger partial charge in [0.1, 0.15) is 6.23 Å². The van der Waals surface area contributed by atoms with Gasteiger partial charge in [0.15, 0.2) is 0 Å². The molecule has 3 nitrogen and oxygen atoms in total. The molecule has 30 heavy (non-hydrogen) atoms. The molecule has 1 fully saturated rings. The van der Waals surface area contributed by atoms with Gasteiger partial charge in [-0.3, -0.25) is 4.79 Å². The maximum atomic E-state index is 13.7. The molecular formula is C27H25NO2. The van der Waals surface area contributed by atoms with Crippen molar-refractivity contribution in [2.75, 3.05) is 7.05 Å². The Hall–Kier alpha value is -2.91. The average Bonchev–Trinajstić information content (AvgIpc) is 3.04. The van der Waals surface area contributed by atoms with E-state index in [4.69, 9.17) is 0 Å². The SMILES string of the molecule is C[C@H](c1ccccc1)C12c3ccccc3C(c3ccccc31)[C@H]1[C@@H](O)N(C)C(=O)[C@H]12. The molecule has 0 unspecified atom stereocenters. The minimum atomic E-state index is -0.767. The summed E-state index contributed by atoms with van der Waals surface area (Å²) in [4.78, 5) is 15.2. The first-order chi connectivity index (χ1) is 14.6. The molecule has 1 aliphatic heterocycles. The van der Waals surface area contributed by atoms with Gasteiger partial charge in [0.2, 0.25) is 5.91 Å². The number of aliphatic hydroxyl groups is 1. The fraction of sp³-hybridized carbons (Fsp3) is 0.296. The zero-order chi connectivity index (χ0) is 20.6. The summed E-state index contributed by atoms with van der Waals surface area (Å²) in [5, 5.41) is 11.2. The Morgan fingerprint density at radius 3 is 2.00 bits per heavy atom. The van der Waals surface area contributed by atoms with Gasteiger partial charge in [-0.15, -0.1) is 0 Å². The normalized spacial score (nSPS) is 31.8. The van der Waals surface area contributed by atoms with Crippen molar-refractivity contribution in [3.05, 3.63) is 107 Å². The first-order valence-electron chi connectivity index (χ1n) is 10.8. The lowest BCUT2D eigenvalue weighted by atomic mass is 9.43. The van der Waals surface area contributed by atoms with Gasteiger partial charge in [-0.2, -0.15) is 0 Å². The van der Waals surface area contributed by atoms with Gasteiger partial charge >= 0.3 is 0 Å². The minimum absolute atomic E-state index is 0.0381. The summed E-state index contributed by atoms with van der Waals surface area (Å²) in [6, 6.07) is 27.7. The summed E-state index contributed by atoms with van der Waals surface area (Å²) < 4.78 is 0. The Morgan fingerprint density at radius 2 is 1.40 bits per heavy atom. The summed E-state index contributed by atoms with van der Waals surface area (Å²) in [6.07, 6.45) is -0.767. The largest absolute Gasteiger partial charge is 0.373 e. The number of carbonyl (C=O) groups is 1. The first-order valence-corrected chi connectivity index (χ1v) is 10.8. The second kappa shape index (κ2) is 6.05. The number of likely N-dealkylation sites (tertiary alicyclic amines) is 1. The minimum Gasteiger partial charge on any atom is -0.373 e. The predicted octanol–water partition coefficient (Wildman–Crippen LogP) is 4.26. The number of benzene rings is 3. The van der Waals surface area contributed by atoms with Crippen LogP contribution in [0.3, 0.4) is 0 Å². The Morgan fingerprint density at radius 1 is 0.867 bits per heavy atom. The smallest absolute Gasteiger partial charge is 0.229 e. The fourth-order valence-electron chi connectivity index (χ4n) is 6.90. The van der Waals surface area contributed by atoms with Crippen molar-refractivity contribution in [3.63, 3.8) is 0 Å². The number of rotatable bonds is 2. The molecule has 2 bridgehead atoms. The van der Waals surface area contributed by atoms with Crippen molar-refractivity contribution in [2.45, 2.75) is 30.4 Å². The van der Waals surface area contributed by atoms with Crippen LogP contribution in [-0.4, -0.2) is 29.2 Å². The van der Waals surface area contributed by atoms with Crippen LogP contribution in [-0.2, 0) is 10.2 Å². The van der Waals surface area contributed by atoms with Crippen LogP contribution in [0, 0.1) is 11.8 Å². The van der Waals surface area contributed by atoms with Crippen molar-refractivity contribution in [3.8, 4) is 0 Å². The molecule has 3 aromatic rings. The van der Waals surface area contributed by atoms with Crippen molar-refractivity contribution in [1.82, 2.24) is 4.90 Å². The summed E-state index contributed by atoms with van der Waals surface area (Å²) in [6.45, 7) is 2.25. The van der Waals surface area contributed by atoms with Crippen molar-refractivity contribution >= 4 is 5.91 Å². The molecular weight excluding hydrogens is 370 g/mol. The lowest BCUT2D eigenvalue weighted by Crippen LogP contribution is -2.56. The third-order valence-corrected chi connectivity index (χ3v) is 8.08. The quantitative estimate of drug-likeness (QED) is 0.704. The van der Waals surface area contributed by atoms with E-state index in [9.17, 15) is 9.90 Å². The van der Waals surface area contributed by atoms with Crippen molar-refractivity contribution in [1.29, 1.82) is 0 Å². The Kier molecular flexibility index (Phi) is 3.61. The van der Waals surface area contributed by atoms with Gasteiger partial charge in [-0.25, -0.2) is 0 Å². The number of aliphatic hydroxyl groups excluding tert-OH is 1.